The van der Waals surface area contributed by atoms with Gasteiger partial charge in [0.15, 0.2) is 0 Å². The van der Waals surface area contributed by atoms with E-state index in [0.717, 1.165) is 5.56 Å². The van der Waals surface area contributed by atoms with Gasteiger partial charge in [-0.1, -0.05) is 48.5 Å². The fraction of sp³-hybridized carbons (Fsp3) is 0.158. The number of aromatic amines is 1. The second kappa shape index (κ2) is 6.51. The van der Waals surface area contributed by atoms with Gasteiger partial charge in [0.05, 0.1) is 5.56 Å². The highest BCUT2D eigenvalue weighted by molar-refractivity contribution is 7.90. The molecule has 0 saturated heterocycles. The van der Waals surface area contributed by atoms with Crippen molar-refractivity contribution in [2.75, 3.05) is 0 Å². The van der Waals surface area contributed by atoms with Crippen molar-refractivity contribution in [3.8, 4) is 5.75 Å². The number of rotatable bonds is 5. The molecular weight excluding hydrogens is 350 g/mol. The maximum atomic E-state index is 12.8. The molecule has 2 aromatic carbocycles. The topological polar surface area (TPSA) is 104 Å². The zero-order valence-corrected chi connectivity index (χ0v) is 14.7. The molecule has 2 unspecified atom stereocenters. The molecule has 1 aliphatic rings. The first-order chi connectivity index (χ1) is 12.6. The summed E-state index contributed by atoms with van der Waals surface area (Å²) in [6.45, 7) is 0. The number of aromatic nitrogens is 2. The Labute approximate surface area is 153 Å². The number of carbonyl (C=O) groups excluding carboxylic acids is 1. The van der Waals surface area contributed by atoms with E-state index in [-0.39, 0.29) is 0 Å². The van der Waals surface area contributed by atoms with Crippen LogP contribution in [0.4, 0.5) is 0 Å². The molecule has 1 amide bonds. The molecule has 3 N–H and O–H groups in total. The van der Waals surface area contributed by atoms with Crippen molar-refractivity contribution in [1.82, 2.24) is 10.2 Å². The number of H-pyrrole nitrogens is 1. The maximum absolute atomic E-state index is 12.8. The van der Waals surface area contributed by atoms with Crippen LogP contribution in [0.1, 0.15) is 22.5 Å². The zero-order valence-electron chi connectivity index (χ0n) is 13.8. The first-order valence-electron chi connectivity index (χ1n) is 8.12. The van der Waals surface area contributed by atoms with E-state index in [1.807, 2.05) is 36.4 Å². The lowest BCUT2D eigenvalue weighted by molar-refractivity contribution is -0.131. The van der Waals surface area contributed by atoms with Crippen LogP contribution < -0.4 is 10.5 Å². The summed E-state index contributed by atoms with van der Waals surface area (Å²) in [6, 6.07) is 18.1. The number of para-hydroxylation sites is 1. The normalized spacial score (nSPS) is 18.1. The number of amides is 1. The molecule has 0 bridgehead atoms. The van der Waals surface area contributed by atoms with Crippen LogP contribution in [-0.4, -0.2) is 20.7 Å². The summed E-state index contributed by atoms with van der Waals surface area (Å²) in [7, 11) is 0. The molecule has 0 radical (unpaired) electrons. The van der Waals surface area contributed by atoms with Crippen molar-refractivity contribution < 1.29 is 14.1 Å². The summed E-state index contributed by atoms with van der Waals surface area (Å²) in [5.41, 5.74) is 6.76. The van der Waals surface area contributed by atoms with Gasteiger partial charge in [0.2, 0.25) is 0 Å². The van der Waals surface area contributed by atoms with E-state index in [1.165, 1.54) is 0 Å². The first kappa shape index (κ1) is 16.7. The Hall–Kier alpha value is -2.77. The number of fused-ring (bicyclic) bond motifs is 1. The van der Waals surface area contributed by atoms with Gasteiger partial charge in [-0.15, -0.1) is 0 Å². The van der Waals surface area contributed by atoms with E-state index in [4.69, 9.17) is 10.5 Å². The minimum absolute atomic E-state index is 0.321. The summed E-state index contributed by atoms with van der Waals surface area (Å²) < 4.78 is 18.2. The van der Waals surface area contributed by atoms with Gasteiger partial charge in [0.25, 0.3) is 11.5 Å². The highest BCUT2D eigenvalue weighted by Gasteiger charge is 2.49. The molecule has 4 rings (SSSR count). The maximum Gasteiger partial charge on any atom is 0.272 e. The molecule has 1 aromatic heterocycles. The van der Waals surface area contributed by atoms with Gasteiger partial charge in [0, 0.05) is 5.56 Å². The van der Waals surface area contributed by atoms with E-state index in [9.17, 15) is 9.35 Å². The molecule has 26 heavy (non-hydrogen) atoms. The van der Waals surface area contributed by atoms with Crippen molar-refractivity contribution in [3.63, 3.8) is 0 Å². The second-order valence-corrected chi connectivity index (χ2v) is 7.54. The van der Waals surface area contributed by atoms with E-state index in [0.29, 0.717) is 34.2 Å². The zero-order chi connectivity index (χ0) is 18.1. The minimum atomic E-state index is -1.59. The number of nitrogens with two attached hydrogens (primary N) is 1. The predicted molar refractivity (Wildman–Crippen MR) is 97.6 cm³/mol. The molecule has 2 heterocycles. The number of hydrogen-bond donors (Lipinski definition) is 2. The third-order valence-electron chi connectivity index (χ3n) is 4.45. The van der Waals surface area contributed by atoms with Crippen LogP contribution in [0, 0.1) is 0 Å². The van der Waals surface area contributed by atoms with Crippen LogP contribution in [0.25, 0.3) is 0 Å². The lowest BCUT2D eigenvalue weighted by Gasteiger charge is -2.31. The molecule has 3 aromatic rings. The Morgan fingerprint density at radius 2 is 1.77 bits per heavy atom. The molecule has 7 heteroatoms. The number of hydrogen-bond acceptors (Lipinski definition) is 4. The van der Waals surface area contributed by atoms with Gasteiger partial charge in [-0.2, -0.15) is 5.10 Å². The lowest BCUT2D eigenvalue weighted by Crippen LogP contribution is -2.48. The molecule has 0 saturated carbocycles. The molecule has 0 spiro atoms. The van der Waals surface area contributed by atoms with E-state index >= 15 is 0 Å². The summed E-state index contributed by atoms with van der Waals surface area (Å²) in [5.74, 6) is 0.511. The monoisotopic (exact) mass is 367 g/mol. The number of ether oxygens (including phenoxy) is 1. The van der Waals surface area contributed by atoms with Gasteiger partial charge >= 0.3 is 0 Å². The number of nitrogens with one attached hydrogen (secondary N) is 1. The van der Waals surface area contributed by atoms with E-state index in [2.05, 4.69) is 10.2 Å². The number of nitrogens with zero attached hydrogens (tertiary/aromatic N) is 1. The largest absolute Gasteiger partial charge is 0.616 e. The van der Waals surface area contributed by atoms with Gasteiger partial charge in [0.1, 0.15) is 28.6 Å². The Morgan fingerprint density at radius 3 is 2.42 bits per heavy atom. The minimum Gasteiger partial charge on any atom is -0.616 e. The van der Waals surface area contributed by atoms with Crippen LogP contribution >= 0.6 is 0 Å². The second-order valence-electron chi connectivity index (χ2n) is 6.08. The average Bonchev–Trinajstić information content (AvgIpc) is 3.20. The Morgan fingerprint density at radius 1 is 1.12 bits per heavy atom. The SMILES string of the molecule is NC(=O)C(Oc1ccccc1)(c1ccccc1)c1[nH]nc2c1C[S+]([O-])C2. The van der Waals surface area contributed by atoms with Gasteiger partial charge < -0.3 is 15.0 Å². The van der Waals surface area contributed by atoms with Crippen molar-refractivity contribution in [1.29, 1.82) is 0 Å². The first-order valence-corrected chi connectivity index (χ1v) is 9.61. The standard InChI is InChI=1S/C19H17N3O3S/c20-18(23)19(13-7-3-1-4-8-13,25-14-9-5-2-6-10-14)17-15-11-26(24)12-16(15)21-22-17/h1-10H,11-12H2,(H2,20,23)(H,21,22). The van der Waals surface area contributed by atoms with Crippen molar-refractivity contribution in [2.24, 2.45) is 5.73 Å². The Bertz CT molecular complexity index is 930. The van der Waals surface area contributed by atoms with E-state index < -0.39 is 22.7 Å². The van der Waals surface area contributed by atoms with E-state index in [1.54, 1.807) is 24.3 Å². The smallest absolute Gasteiger partial charge is 0.272 e. The summed E-state index contributed by atoms with van der Waals surface area (Å²) >= 11 is -1.04. The fourth-order valence-corrected chi connectivity index (χ4v) is 4.52. The van der Waals surface area contributed by atoms with Crippen molar-refractivity contribution >= 4 is 17.1 Å². The highest BCUT2D eigenvalue weighted by atomic mass is 32.2. The van der Waals surface area contributed by atoms with Crippen LogP contribution in [0.2, 0.25) is 0 Å². The third-order valence-corrected chi connectivity index (χ3v) is 5.66. The van der Waals surface area contributed by atoms with Crippen LogP contribution in [0.3, 0.4) is 0 Å². The average molecular weight is 367 g/mol. The number of carbonyl (C=O) groups is 1. The molecule has 6 nitrogen and oxygen atoms in total. The van der Waals surface area contributed by atoms with Gasteiger partial charge in [-0.25, -0.2) is 0 Å². The Kier molecular flexibility index (Phi) is 4.18. The van der Waals surface area contributed by atoms with Crippen molar-refractivity contribution in [2.45, 2.75) is 17.1 Å². The summed E-state index contributed by atoms with van der Waals surface area (Å²) in [5, 5.41) is 7.18. The van der Waals surface area contributed by atoms with Gasteiger partial charge in [-0.05, 0) is 23.3 Å². The molecule has 132 valence electrons. The van der Waals surface area contributed by atoms with Gasteiger partial charge in [-0.3, -0.25) is 9.89 Å². The number of benzene rings is 2. The van der Waals surface area contributed by atoms with Crippen LogP contribution in [0.5, 0.6) is 5.75 Å². The highest BCUT2D eigenvalue weighted by Crippen LogP contribution is 2.39. The van der Waals surface area contributed by atoms with Crippen LogP contribution in [-0.2, 0) is 33.1 Å². The predicted octanol–water partition coefficient (Wildman–Crippen LogP) is 1.98. The quantitative estimate of drug-likeness (QED) is 0.673. The summed E-state index contributed by atoms with van der Waals surface area (Å²) in [6.07, 6.45) is 0. The molecule has 1 aliphatic heterocycles. The van der Waals surface area contributed by atoms with Crippen molar-refractivity contribution in [3.05, 3.63) is 83.2 Å². The molecule has 2 atom stereocenters. The number of primary amides is 1. The molecular formula is C19H17N3O3S. The van der Waals surface area contributed by atoms with Crippen LogP contribution in [0.15, 0.2) is 60.7 Å². The summed E-state index contributed by atoms with van der Waals surface area (Å²) in [4.78, 5) is 12.8. The molecule has 0 aliphatic carbocycles. The molecule has 0 fully saturated rings. The lowest BCUT2D eigenvalue weighted by atomic mass is 9.87. The third kappa shape index (κ3) is 2.65. The fourth-order valence-electron chi connectivity index (χ4n) is 3.24. The Balaban J connectivity index is 1.93.